The van der Waals surface area contributed by atoms with E-state index in [-0.39, 0.29) is 11.9 Å². The van der Waals surface area contributed by atoms with E-state index in [1.807, 2.05) is 13.8 Å². The molecule has 0 N–H and O–H groups in total. The minimum absolute atomic E-state index is 0.120. The van der Waals surface area contributed by atoms with Gasteiger partial charge in [0.15, 0.2) is 0 Å². The van der Waals surface area contributed by atoms with Crippen molar-refractivity contribution in [1.29, 1.82) is 0 Å². The molecule has 24 heavy (non-hydrogen) atoms. The van der Waals surface area contributed by atoms with E-state index in [1.54, 1.807) is 0 Å². The number of ether oxygens (including phenoxy) is 2. The average Bonchev–Trinajstić information content (AvgIpc) is 2.54. The Morgan fingerprint density at radius 3 is 1.50 bits per heavy atom. The fourth-order valence-electron chi connectivity index (χ4n) is 2.25. The predicted octanol–water partition coefficient (Wildman–Crippen LogP) is 4.98. The van der Waals surface area contributed by atoms with E-state index in [0.717, 1.165) is 38.5 Å². The molecule has 0 radical (unpaired) electrons. The molecule has 0 heterocycles. The molecular weight excluding hydrogens is 304 g/mol. The number of rotatable bonds is 14. The Hall–Kier alpha value is -1.58. The molecule has 0 aliphatic heterocycles. The Bertz CT molecular complexity index is 349. The van der Waals surface area contributed by atoms with Gasteiger partial charge in [-0.25, -0.2) is 0 Å². The number of esters is 2. The molecule has 0 spiro atoms. The maximum Gasteiger partial charge on any atom is 0.306 e. The summed E-state index contributed by atoms with van der Waals surface area (Å²) in [5.74, 6) is 0.435. The first-order valence-corrected chi connectivity index (χ1v) is 9.21. The molecular formula is C20H34O4. The van der Waals surface area contributed by atoms with Crippen molar-refractivity contribution in [3.8, 4) is 0 Å². The Labute approximate surface area is 147 Å². The molecule has 0 bridgehead atoms. The van der Waals surface area contributed by atoms with Gasteiger partial charge in [0.25, 0.3) is 0 Å². The van der Waals surface area contributed by atoms with Crippen molar-refractivity contribution in [3.63, 3.8) is 0 Å². The zero-order chi connectivity index (χ0) is 18.0. The summed E-state index contributed by atoms with van der Waals surface area (Å²) in [4.78, 5) is 22.3. The normalized spacial score (nSPS) is 11.5. The number of allylic oxidation sites excluding steroid dienone is 4. The number of hydrogen-bond donors (Lipinski definition) is 0. The molecule has 0 amide bonds. The molecule has 0 fully saturated rings. The van der Waals surface area contributed by atoms with Crippen LogP contribution >= 0.6 is 0 Å². The predicted molar refractivity (Wildman–Crippen MR) is 97.6 cm³/mol. The van der Waals surface area contributed by atoms with Gasteiger partial charge in [0.05, 0.1) is 13.2 Å². The van der Waals surface area contributed by atoms with Crippen LogP contribution in [0.25, 0.3) is 0 Å². The van der Waals surface area contributed by atoms with Crippen LogP contribution in [0.3, 0.4) is 0 Å². The van der Waals surface area contributed by atoms with Gasteiger partial charge in [0.1, 0.15) is 0 Å². The molecule has 0 aliphatic carbocycles. The average molecular weight is 338 g/mol. The van der Waals surface area contributed by atoms with Gasteiger partial charge in [-0.3, -0.25) is 9.59 Å². The molecule has 0 atom stereocenters. The molecule has 0 aliphatic rings. The first-order valence-electron chi connectivity index (χ1n) is 9.21. The summed E-state index contributed by atoms with van der Waals surface area (Å²) < 4.78 is 9.76. The van der Waals surface area contributed by atoms with E-state index in [9.17, 15) is 9.59 Å². The lowest BCUT2D eigenvalue weighted by atomic mass is 9.99. The topological polar surface area (TPSA) is 52.6 Å². The second-order valence-electron chi connectivity index (χ2n) is 5.89. The van der Waals surface area contributed by atoms with Gasteiger partial charge < -0.3 is 9.47 Å². The van der Waals surface area contributed by atoms with E-state index in [2.05, 4.69) is 31.2 Å². The van der Waals surface area contributed by atoms with Gasteiger partial charge in [-0.05, 0) is 58.3 Å². The highest BCUT2D eigenvalue weighted by Gasteiger charge is 2.01. The second-order valence-corrected chi connectivity index (χ2v) is 5.89. The van der Waals surface area contributed by atoms with E-state index in [1.165, 1.54) is 0 Å². The zero-order valence-corrected chi connectivity index (χ0v) is 15.6. The van der Waals surface area contributed by atoms with Crippen molar-refractivity contribution < 1.29 is 19.1 Å². The summed E-state index contributed by atoms with van der Waals surface area (Å²) in [6, 6.07) is 0. The maximum atomic E-state index is 11.2. The van der Waals surface area contributed by atoms with Crippen LogP contribution in [-0.4, -0.2) is 25.2 Å². The van der Waals surface area contributed by atoms with Crippen LogP contribution in [0.15, 0.2) is 24.3 Å². The number of carbonyl (C=O) groups is 2. The Balaban J connectivity index is 3.54. The highest BCUT2D eigenvalue weighted by molar-refractivity contribution is 5.69. The minimum Gasteiger partial charge on any atom is -0.466 e. The summed E-state index contributed by atoms with van der Waals surface area (Å²) in [6.45, 7) is 6.82. The Morgan fingerprint density at radius 2 is 1.12 bits per heavy atom. The lowest BCUT2D eigenvalue weighted by molar-refractivity contribution is -0.143. The van der Waals surface area contributed by atoms with Crippen LogP contribution < -0.4 is 0 Å². The molecule has 138 valence electrons. The molecule has 0 aromatic carbocycles. The molecule has 0 aromatic rings. The summed E-state index contributed by atoms with van der Waals surface area (Å²) in [5.41, 5.74) is 0. The second kappa shape index (κ2) is 16.3. The molecule has 0 saturated carbocycles. The lowest BCUT2D eigenvalue weighted by Gasteiger charge is -2.07. The monoisotopic (exact) mass is 338 g/mol. The molecule has 0 rings (SSSR count). The number of carbonyl (C=O) groups excluding carboxylic acids is 2. The maximum absolute atomic E-state index is 11.2. The van der Waals surface area contributed by atoms with Crippen molar-refractivity contribution in [1.82, 2.24) is 0 Å². The van der Waals surface area contributed by atoms with Gasteiger partial charge >= 0.3 is 11.9 Å². The zero-order valence-electron chi connectivity index (χ0n) is 15.6. The fourth-order valence-corrected chi connectivity index (χ4v) is 2.25. The molecule has 4 heteroatoms. The number of hydrogen-bond acceptors (Lipinski definition) is 4. The standard InChI is InChI=1S/C20H34O4/c1-4-23-19(21)16-12-8-6-10-14-18(3)15-11-7-9-13-17-20(22)24-5-2/h6-9,18H,4-5,10-17H2,1-3H3/b8-6+,9-7+. The first-order chi connectivity index (χ1) is 11.6. The third kappa shape index (κ3) is 15.3. The van der Waals surface area contributed by atoms with Crippen molar-refractivity contribution in [2.75, 3.05) is 13.2 Å². The van der Waals surface area contributed by atoms with Crippen LogP contribution in [0.1, 0.15) is 72.1 Å². The van der Waals surface area contributed by atoms with Crippen LogP contribution in [0.5, 0.6) is 0 Å². The quantitative estimate of drug-likeness (QED) is 0.331. The third-order valence-electron chi connectivity index (χ3n) is 3.63. The van der Waals surface area contributed by atoms with E-state index in [0.29, 0.717) is 32.0 Å². The molecule has 0 unspecified atom stereocenters. The summed E-state index contributed by atoms with van der Waals surface area (Å²) >= 11 is 0. The van der Waals surface area contributed by atoms with Crippen LogP contribution in [-0.2, 0) is 19.1 Å². The first kappa shape index (κ1) is 22.4. The SMILES string of the molecule is CCOC(=O)CC/C=C/CCC(C)CC/C=C/CCC(=O)OCC. The summed E-state index contributed by atoms with van der Waals surface area (Å²) in [6.07, 6.45) is 15.3. The van der Waals surface area contributed by atoms with E-state index >= 15 is 0 Å². The summed E-state index contributed by atoms with van der Waals surface area (Å²) in [5, 5.41) is 0. The van der Waals surface area contributed by atoms with Crippen LogP contribution in [0, 0.1) is 5.92 Å². The Kier molecular flexibility index (Phi) is 15.2. The molecule has 0 saturated heterocycles. The Morgan fingerprint density at radius 1 is 0.750 bits per heavy atom. The van der Waals surface area contributed by atoms with E-state index < -0.39 is 0 Å². The summed E-state index contributed by atoms with van der Waals surface area (Å²) in [7, 11) is 0. The van der Waals surface area contributed by atoms with Crippen molar-refractivity contribution in [2.45, 2.75) is 72.1 Å². The minimum atomic E-state index is -0.120. The largest absolute Gasteiger partial charge is 0.466 e. The third-order valence-corrected chi connectivity index (χ3v) is 3.63. The van der Waals surface area contributed by atoms with Crippen molar-refractivity contribution >= 4 is 11.9 Å². The molecule has 4 nitrogen and oxygen atoms in total. The van der Waals surface area contributed by atoms with Gasteiger partial charge in [-0.1, -0.05) is 31.2 Å². The lowest BCUT2D eigenvalue weighted by Crippen LogP contribution is -2.02. The van der Waals surface area contributed by atoms with Gasteiger partial charge in [-0.15, -0.1) is 0 Å². The van der Waals surface area contributed by atoms with Crippen molar-refractivity contribution in [3.05, 3.63) is 24.3 Å². The fraction of sp³-hybridized carbons (Fsp3) is 0.700. The molecule has 0 aromatic heterocycles. The highest BCUT2D eigenvalue weighted by Crippen LogP contribution is 2.14. The van der Waals surface area contributed by atoms with Crippen LogP contribution in [0.4, 0.5) is 0 Å². The van der Waals surface area contributed by atoms with Gasteiger partial charge in [-0.2, -0.15) is 0 Å². The van der Waals surface area contributed by atoms with Crippen molar-refractivity contribution in [2.24, 2.45) is 5.92 Å². The van der Waals surface area contributed by atoms with E-state index in [4.69, 9.17) is 9.47 Å². The van der Waals surface area contributed by atoms with Gasteiger partial charge in [0, 0.05) is 12.8 Å². The smallest absolute Gasteiger partial charge is 0.306 e. The highest BCUT2D eigenvalue weighted by atomic mass is 16.5. The van der Waals surface area contributed by atoms with Crippen LogP contribution in [0.2, 0.25) is 0 Å². The van der Waals surface area contributed by atoms with Gasteiger partial charge in [0.2, 0.25) is 0 Å².